The third-order valence-electron chi connectivity index (χ3n) is 3.30. The predicted molar refractivity (Wildman–Crippen MR) is 81.9 cm³/mol. The third kappa shape index (κ3) is 2.57. The number of nitrogens with one attached hydrogen (secondary N) is 1. The number of aryl methyl sites for hydroxylation is 1. The second-order valence-corrected chi connectivity index (χ2v) is 4.83. The fraction of sp³-hybridized carbons (Fsp3) is 0.118. The standard InChI is InChI=1S/C17H16N2O/c1-12-6-9-17(20)16(19-12)11-18-15-8-7-13-4-2-3-5-14(13)10-15/h2-10,18,20H,11H2,1H3. The second-order valence-electron chi connectivity index (χ2n) is 4.83. The number of pyridine rings is 1. The van der Waals surface area contributed by atoms with Crippen molar-refractivity contribution in [2.45, 2.75) is 13.5 Å². The highest BCUT2D eigenvalue weighted by Crippen LogP contribution is 2.21. The monoisotopic (exact) mass is 264 g/mol. The molecule has 0 fully saturated rings. The van der Waals surface area contributed by atoms with E-state index in [1.807, 2.05) is 25.1 Å². The summed E-state index contributed by atoms with van der Waals surface area (Å²) in [7, 11) is 0. The highest BCUT2D eigenvalue weighted by molar-refractivity contribution is 5.85. The molecule has 0 radical (unpaired) electrons. The van der Waals surface area contributed by atoms with Gasteiger partial charge in [0.25, 0.3) is 0 Å². The molecule has 0 bridgehead atoms. The Morgan fingerprint density at radius 1 is 1.00 bits per heavy atom. The Morgan fingerprint density at radius 3 is 2.65 bits per heavy atom. The lowest BCUT2D eigenvalue weighted by Gasteiger charge is -2.09. The summed E-state index contributed by atoms with van der Waals surface area (Å²) in [5.41, 5.74) is 2.59. The number of hydrogen-bond donors (Lipinski definition) is 2. The van der Waals surface area contributed by atoms with Gasteiger partial charge in [-0.1, -0.05) is 30.3 Å². The second kappa shape index (κ2) is 5.21. The highest BCUT2D eigenvalue weighted by Gasteiger charge is 2.03. The molecule has 0 aliphatic rings. The zero-order valence-corrected chi connectivity index (χ0v) is 11.3. The molecule has 0 spiro atoms. The minimum Gasteiger partial charge on any atom is -0.506 e. The molecule has 3 heteroatoms. The van der Waals surface area contributed by atoms with Crippen molar-refractivity contribution >= 4 is 16.5 Å². The molecule has 3 nitrogen and oxygen atoms in total. The normalized spacial score (nSPS) is 10.7. The largest absolute Gasteiger partial charge is 0.506 e. The Balaban J connectivity index is 1.81. The first-order valence-electron chi connectivity index (χ1n) is 6.60. The van der Waals surface area contributed by atoms with Crippen LogP contribution in [0.4, 0.5) is 5.69 Å². The lowest BCUT2D eigenvalue weighted by Crippen LogP contribution is -2.02. The maximum Gasteiger partial charge on any atom is 0.138 e. The van der Waals surface area contributed by atoms with Crippen molar-refractivity contribution in [1.82, 2.24) is 4.98 Å². The molecular weight excluding hydrogens is 248 g/mol. The van der Waals surface area contributed by atoms with E-state index in [9.17, 15) is 5.11 Å². The van der Waals surface area contributed by atoms with E-state index in [1.54, 1.807) is 12.1 Å². The highest BCUT2D eigenvalue weighted by atomic mass is 16.3. The Hall–Kier alpha value is -2.55. The van der Waals surface area contributed by atoms with Crippen LogP contribution >= 0.6 is 0 Å². The first-order valence-corrected chi connectivity index (χ1v) is 6.60. The van der Waals surface area contributed by atoms with Crippen LogP contribution in [-0.4, -0.2) is 10.1 Å². The SMILES string of the molecule is Cc1ccc(O)c(CNc2ccc3ccccc3c2)n1. The van der Waals surface area contributed by atoms with Crippen molar-refractivity contribution in [3.05, 3.63) is 66.0 Å². The molecule has 2 aromatic carbocycles. The summed E-state index contributed by atoms with van der Waals surface area (Å²) in [6, 6.07) is 17.9. The molecule has 0 aliphatic carbocycles. The van der Waals surface area contributed by atoms with Crippen LogP contribution in [0.3, 0.4) is 0 Å². The molecule has 3 rings (SSSR count). The van der Waals surface area contributed by atoms with Gasteiger partial charge in [-0.15, -0.1) is 0 Å². The van der Waals surface area contributed by atoms with Gasteiger partial charge < -0.3 is 10.4 Å². The number of rotatable bonds is 3. The number of aromatic nitrogens is 1. The summed E-state index contributed by atoms with van der Waals surface area (Å²) in [4.78, 5) is 4.34. The Morgan fingerprint density at radius 2 is 1.80 bits per heavy atom. The molecule has 0 amide bonds. The minimum atomic E-state index is 0.226. The molecule has 3 aromatic rings. The van der Waals surface area contributed by atoms with Gasteiger partial charge in [0.2, 0.25) is 0 Å². The molecule has 20 heavy (non-hydrogen) atoms. The van der Waals surface area contributed by atoms with Crippen molar-refractivity contribution in [1.29, 1.82) is 0 Å². The molecule has 1 heterocycles. The summed E-state index contributed by atoms with van der Waals surface area (Å²) in [6.07, 6.45) is 0. The molecule has 0 unspecified atom stereocenters. The maximum absolute atomic E-state index is 9.78. The van der Waals surface area contributed by atoms with Crippen molar-refractivity contribution < 1.29 is 5.11 Å². The van der Waals surface area contributed by atoms with E-state index in [0.29, 0.717) is 12.2 Å². The predicted octanol–water partition coefficient (Wildman–Crippen LogP) is 3.86. The van der Waals surface area contributed by atoms with Crippen LogP contribution in [0.2, 0.25) is 0 Å². The summed E-state index contributed by atoms with van der Waals surface area (Å²) in [6.45, 7) is 2.42. The average molecular weight is 264 g/mol. The molecule has 2 N–H and O–H groups in total. The zero-order valence-electron chi connectivity index (χ0n) is 11.3. The summed E-state index contributed by atoms with van der Waals surface area (Å²) < 4.78 is 0. The van der Waals surface area contributed by atoms with E-state index in [2.05, 4.69) is 34.6 Å². The molecule has 0 saturated carbocycles. The number of nitrogens with zero attached hydrogens (tertiary/aromatic N) is 1. The van der Waals surface area contributed by atoms with Gasteiger partial charge in [0, 0.05) is 11.4 Å². The molecule has 100 valence electrons. The molecule has 0 atom stereocenters. The Labute approximate surface area is 117 Å². The van der Waals surface area contributed by atoms with Crippen LogP contribution in [0, 0.1) is 6.92 Å². The summed E-state index contributed by atoms with van der Waals surface area (Å²) in [5, 5.41) is 15.5. The van der Waals surface area contributed by atoms with Crippen molar-refractivity contribution in [2.75, 3.05) is 5.32 Å². The Bertz CT molecular complexity index is 753. The third-order valence-corrected chi connectivity index (χ3v) is 3.30. The molecule has 0 aliphatic heterocycles. The summed E-state index contributed by atoms with van der Waals surface area (Å²) in [5.74, 6) is 0.226. The number of aromatic hydroxyl groups is 1. The smallest absolute Gasteiger partial charge is 0.138 e. The van der Waals surface area contributed by atoms with Crippen LogP contribution in [-0.2, 0) is 6.54 Å². The fourth-order valence-corrected chi connectivity index (χ4v) is 2.22. The van der Waals surface area contributed by atoms with Crippen LogP contribution < -0.4 is 5.32 Å². The van der Waals surface area contributed by atoms with Gasteiger partial charge >= 0.3 is 0 Å². The number of anilines is 1. The molecular formula is C17H16N2O. The number of benzene rings is 2. The van der Waals surface area contributed by atoms with Gasteiger partial charge in [-0.2, -0.15) is 0 Å². The maximum atomic E-state index is 9.78. The van der Waals surface area contributed by atoms with E-state index in [-0.39, 0.29) is 5.75 Å². The van der Waals surface area contributed by atoms with Crippen LogP contribution in [0.15, 0.2) is 54.6 Å². The average Bonchev–Trinajstić information content (AvgIpc) is 2.48. The van der Waals surface area contributed by atoms with Gasteiger partial charge in [-0.25, -0.2) is 0 Å². The lowest BCUT2D eigenvalue weighted by molar-refractivity contribution is 0.464. The lowest BCUT2D eigenvalue weighted by atomic mass is 10.1. The van der Waals surface area contributed by atoms with E-state index in [1.165, 1.54) is 10.8 Å². The van der Waals surface area contributed by atoms with Gasteiger partial charge in [0.1, 0.15) is 11.4 Å². The molecule has 0 saturated heterocycles. The van der Waals surface area contributed by atoms with Crippen molar-refractivity contribution in [2.24, 2.45) is 0 Å². The van der Waals surface area contributed by atoms with Crippen LogP contribution in [0.1, 0.15) is 11.4 Å². The Kier molecular flexibility index (Phi) is 3.25. The van der Waals surface area contributed by atoms with Gasteiger partial charge in [-0.3, -0.25) is 4.98 Å². The van der Waals surface area contributed by atoms with Gasteiger partial charge in [-0.05, 0) is 42.0 Å². The topological polar surface area (TPSA) is 45.1 Å². The number of fused-ring (bicyclic) bond motifs is 1. The first kappa shape index (κ1) is 12.5. The zero-order chi connectivity index (χ0) is 13.9. The van der Waals surface area contributed by atoms with E-state index in [4.69, 9.17) is 0 Å². The van der Waals surface area contributed by atoms with Gasteiger partial charge in [0.05, 0.1) is 6.54 Å². The quantitative estimate of drug-likeness (QED) is 0.755. The van der Waals surface area contributed by atoms with Crippen molar-refractivity contribution in [3.63, 3.8) is 0 Å². The fourth-order valence-electron chi connectivity index (χ4n) is 2.22. The van der Waals surface area contributed by atoms with Crippen LogP contribution in [0.5, 0.6) is 5.75 Å². The van der Waals surface area contributed by atoms with E-state index < -0.39 is 0 Å². The van der Waals surface area contributed by atoms with Gasteiger partial charge in [0.15, 0.2) is 0 Å². The first-order chi connectivity index (χ1) is 9.72. The summed E-state index contributed by atoms with van der Waals surface area (Å²) >= 11 is 0. The number of hydrogen-bond acceptors (Lipinski definition) is 3. The molecule has 1 aromatic heterocycles. The van der Waals surface area contributed by atoms with E-state index in [0.717, 1.165) is 11.4 Å². The van der Waals surface area contributed by atoms with E-state index >= 15 is 0 Å². The van der Waals surface area contributed by atoms with Crippen LogP contribution in [0.25, 0.3) is 10.8 Å². The minimum absolute atomic E-state index is 0.226. The van der Waals surface area contributed by atoms with Crippen molar-refractivity contribution in [3.8, 4) is 5.75 Å².